The Balaban J connectivity index is 1.56. The monoisotopic (exact) mass is 349 g/mol. The summed E-state index contributed by atoms with van der Waals surface area (Å²) in [5, 5.41) is 19.6. The van der Waals surface area contributed by atoms with E-state index in [2.05, 4.69) is 25.8 Å². The van der Waals surface area contributed by atoms with Gasteiger partial charge in [-0.05, 0) is 99.3 Å². The van der Waals surface area contributed by atoms with E-state index in [0.717, 1.165) is 43.1 Å². The van der Waals surface area contributed by atoms with Gasteiger partial charge in [-0.3, -0.25) is 0 Å². The number of fused-ring (bicyclic) bond motifs is 5. The number of nitrogens with zero attached hydrogens (tertiary/aromatic N) is 1. The fraction of sp³-hybridized carbons (Fsp3) is 1.00. The van der Waals surface area contributed by atoms with Crippen LogP contribution < -0.4 is 0 Å². The summed E-state index contributed by atoms with van der Waals surface area (Å²) >= 11 is 0. The Hall–Kier alpha value is -0.120. The fourth-order valence-electron chi connectivity index (χ4n) is 8.25. The van der Waals surface area contributed by atoms with Crippen LogP contribution in [0.25, 0.3) is 0 Å². The van der Waals surface area contributed by atoms with Gasteiger partial charge in [-0.25, -0.2) is 0 Å². The fourth-order valence-corrected chi connectivity index (χ4v) is 8.25. The number of likely N-dealkylation sites (N-methyl/N-ethyl adjacent to an activating group) is 1. The third-order valence-corrected chi connectivity index (χ3v) is 9.57. The van der Waals surface area contributed by atoms with Gasteiger partial charge in [0.05, 0.1) is 12.7 Å². The number of hydrogen-bond acceptors (Lipinski definition) is 3. The van der Waals surface area contributed by atoms with Crippen LogP contribution in [0.15, 0.2) is 0 Å². The molecule has 3 nitrogen and oxygen atoms in total. The largest absolute Gasteiger partial charge is 0.395 e. The van der Waals surface area contributed by atoms with E-state index in [1.807, 2.05) is 0 Å². The summed E-state index contributed by atoms with van der Waals surface area (Å²) in [7, 11) is 2.22. The highest BCUT2D eigenvalue weighted by Gasteiger charge is 2.60. The smallest absolute Gasteiger partial charge is 0.0558 e. The third-order valence-electron chi connectivity index (χ3n) is 9.57. The van der Waals surface area contributed by atoms with Gasteiger partial charge in [0, 0.05) is 12.6 Å². The second-order valence-electron chi connectivity index (χ2n) is 10.4. The van der Waals surface area contributed by atoms with Crippen LogP contribution in [-0.4, -0.2) is 47.5 Å². The molecule has 2 N–H and O–H groups in total. The van der Waals surface area contributed by atoms with Crippen molar-refractivity contribution in [2.75, 3.05) is 20.2 Å². The Morgan fingerprint density at radius 3 is 2.40 bits per heavy atom. The van der Waals surface area contributed by atoms with E-state index in [1.54, 1.807) is 0 Å². The Morgan fingerprint density at radius 1 is 0.920 bits per heavy atom. The first-order valence-electron chi connectivity index (χ1n) is 10.9. The van der Waals surface area contributed by atoms with Gasteiger partial charge in [0.15, 0.2) is 0 Å². The molecular weight excluding hydrogens is 310 g/mol. The van der Waals surface area contributed by atoms with Crippen molar-refractivity contribution >= 4 is 0 Å². The molecule has 0 aromatic carbocycles. The van der Waals surface area contributed by atoms with Crippen molar-refractivity contribution in [3.8, 4) is 0 Å². The van der Waals surface area contributed by atoms with Gasteiger partial charge >= 0.3 is 0 Å². The van der Waals surface area contributed by atoms with Crippen LogP contribution in [0.3, 0.4) is 0 Å². The van der Waals surface area contributed by atoms with Crippen LogP contribution in [0, 0.1) is 34.5 Å². The topological polar surface area (TPSA) is 43.7 Å². The molecule has 0 aliphatic heterocycles. The first-order chi connectivity index (χ1) is 11.9. The summed E-state index contributed by atoms with van der Waals surface area (Å²) in [6, 6.07) is 0.657. The average molecular weight is 350 g/mol. The zero-order chi connectivity index (χ0) is 17.8. The Bertz CT molecular complexity index is 496. The van der Waals surface area contributed by atoms with Crippen LogP contribution >= 0.6 is 0 Å². The van der Waals surface area contributed by atoms with Gasteiger partial charge in [0.25, 0.3) is 0 Å². The van der Waals surface area contributed by atoms with Crippen molar-refractivity contribution in [2.24, 2.45) is 34.5 Å². The molecule has 0 heterocycles. The maximum absolute atomic E-state index is 10.2. The SMILES string of the molecule is CN(CCO)[C@@H]1CC[C@H]2[C@@H]3CC[C@H]4C[C@H](O)CC[C@]4(C)[C@H]3CC[C@@]21C. The molecule has 4 fully saturated rings. The minimum Gasteiger partial charge on any atom is -0.395 e. The normalized spacial score (nSPS) is 52.6. The van der Waals surface area contributed by atoms with Gasteiger partial charge in [-0.15, -0.1) is 0 Å². The quantitative estimate of drug-likeness (QED) is 0.817. The van der Waals surface area contributed by atoms with Gasteiger partial charge in [0.2, 0.25) is 0 Å². The van der Waals surface area contributed by atoms with Crippen molar-refractivity contribution in [2.45, 2.75) is 83.8 Å². The molecule has 3 heteroatoms. The first kappa shape index (κ1) is 18.3. The predicted molar refractivity (Wildman–Crippen MR) is 101 cm³/mol. The Kier molecular flexibility index (Phi) is 4.74. The van der Waals surface area contributed by atoms with Crippen molar-refractivity contribution < 1.29 is 10.2 Å². The molecule has 4 rings (SSSR count). The third kappa shape index (κ3) is 2.72. The lowest BCUT2D eigenvalue weighted by Crippen LogP contribution is -2.56. The van der Waals surface area contributed by atoms with Gasteiger partial charge in [-0.2, -0.15) is 0 Å². The lowest BCUT2D eigenvalue weighted by Gasteiger charge is -2.61. The maximum atomic E-state index is 10.2. The maximum Gasteiger partial charge on any atom is 0.0558 e. The standard InChI is InChI=1S/C22H39NO2/c1-21-10-8-16(25)14-15(21)4-5-17-18-6-7-20(23(3)12-13-24)22(18,2)11-9-19(17)21/h15-20,24-25H,4-14H2,1-3H3/t15-,16+,17-,18-,19-,20+,21-,22-/m0/s1. The average Bonchev–Trinajstić information content (AvgIpc) is 2.93. The molecule has 144 valence electrons. The zero-order valence-corrected chi connectivity index (χ0v) is 16.6. The predicted octanol–water partition coefficient (Wildman–Crippen LogP) is 3.68. The van der Waals surface area contributed by atoms with Crippen molar-refractivity contribution in [1.29, 1.82) is 0 Å². The molecule has 0 aromatic rings. The highest BCUT2D eigenvalue weighted by Crippen LogP contribution is 2.66. The van der Waals surface area contributed by atoms with Crippen molar-refractivity contribution in [3.05, 3.63) is 0 Å². The summed E-state index contributed by atoms with van der Waals surface area (Å²) in [6.45, 7) is 6.24. The van der Waals surface area contributed by atoms with E-state index in [-0.39, 0.29) is 12.7 Å². The molecule has 0 amide bonds. The van der Waals surface area contributed by atoms with E-state index in [4.69, 9.17) is 0 Å². The van der Waals surface area contributed by atoms with E-state index in [0.29, 0.717) is 16.9 Å². The lowest BCUT2D eigenvalue weighted by atomic mass is 9.45. The molecule has 0 radical (unpaired) electrons. The van der Waals surface area contributed by atoms with Gasteiger partial charge < -0.3 is 15.1 Å². The molecule has 0 spiro atoms. The highest BCUT2D eigenvalue weighted by molar-refractivity contribution is 5.11. The summed E-state index contributed by atoms with van der Waals surface area (Å²) in [4.78, 5) is 2.45. The second kappa shape index (κ2) is 6.49. The van der Waals surface area contributed by atoms with E-state index in [1.165, 1.54) is 44.9 Å². The van der Waals surface area contributed by atoms with Crippen LogP contribution in [-0.2, 0) is 0 Å². The molecule has 0 unspecified atom stereocenters. The van der Waals surface area contributed by atoms with E-state index in [9.17, 15) is 10.2 Å². The van der Waals surface area contributed by atoms with E-state index < -0.39 is 0 Å². The Labute approximate surface area is 154 Å². The van der Waals surface area contributed by atoms with Crippen LogP contribution in [0.4, 0.5) is 0 Å². The van der Waals surface area contributed by atoms with Crippen molar-refractivity contribution in [3.63, 3.8) is 0 Å². The van der Waals surface area contributed by atoms with Gasteiger partial charge in [0.1, 0.15) is 0 Å². The molecule has 0 saturated heterocycles. The second-order valence-corrected chi connectivity index (χ2v) is 10.4. The first-order valence-corrected chi connectivity index (χ1v) is 10.9. The van der Waals surface area contributed by atoms with Crippen LogP contribution in [0.2, 0.25) is 0 Å². The van der Waals surface area contributed by atoms with Gasteiger partial charge in [-0.1, -0.05) is 13.8 Å². The molecule has 4 saturated carbocycles. The van der Waals surface area contributed by atoms with Crippen LogP contribution in [0.5, 0.6) is 0 Å². The number of aliphatic hydroxyl groups is 2. The number of hydrogen-bond donors (Lipinski definition) is 2. The molecule has 0 bridgehead atoms. The Morgan fingerprint density at radius 2 is 1.64 bits per heavy atom. The van der Waals surface area contributed by atoms with E-state index >= 15 is 0 Å². The zero-order valence-electron chi connectivity index (χ0n) is 16.6. The molecule has 4 aliphatic rings. The summed E-state index contributed by atoms with van der Waals surface area (Å²) in [6.07, 6.45) is 11.5. The van der Waals surface area contributed by atoms with Crippen molar-refractivity contribution in [1.82, 2.24) is 4.90 Å². The summed E-state index contributed by atoms with van der Waals surface area (Å²) < 4.78 is 0. The minimum absolute atomic E-state index is 0.0357. The van der Waals surface area contributed by atoms with Crippen LogP contribution in [0.1, 0.15) is 71.6 Å². The molecule has 25 heavy (non-hydrogen) atoms. The minimum atomic E-state index is -0.0357. The lowest BCUT2D eigenvalue weighted by molar-refractivity contribution is -0.128. The number of aliphatic hydroxyl groups excluding tert-OH is 2. The molecule has 8 atom stereocenters. The molecule has 4 aliphatic carbocycles. The molecule has 0 aromatic heterocycles. The highest BCUT2D eigenvalue weighted by atomic mass is 16.3. The number of rotatable bonds is 3. The summed E-state index contributed by atoms with van der Waals surface area (Å²) in [5.41, 5.74) is 0.932. The molecular formula is C22H39NO2. The summed E-state index contributed by atoms with van der Waals surface area (Å²) in [5.74, 6) is 3.43.